The molecule has 2 aromatic rings. The van der Waals surface area contributed by atoms with Crippen molar-refractivity contribution in [3.63, 3.8) is 0 Å². The van der Waals surface area contributed by atoms with Gasteiger partial charge < -0.3 is 10.5 Å². The first-order valence-electron chi connectivity index (χ1n) is 7.69. The lowest BCUT2D eigenvalue weighted by molar-refractivity contribution is -0.114. The van der Waals surface area contributed by atoms with Crippen LogP contribution in [-0.4, -0.2) is 13.0 Å². The van der Waals surface area contributed by atoms with Crippen LogP contribution in [-0.2, 0) is 11.2 Å². The summed E-state index contributed by atoms with van der Waals surface area (Å²) in [4.78, 5) is 11.2. The SMILES string of the molecule is COc1cc(/C=C(\C#N)C(N)=O)cc(Cl)c1Cc1cc(C)cc(C)c1. The lowest BCUT2D eigenvalue weighted by atomic mass is 9.98. The molecule has 2 rings (SSSR count). The van der Waals surface area contributed by atoms with E-state index in [0.717, 1.165) is 11.1 Å². The van der Waals surface area contributed by atoms with Gasteiger partial charge in [-0.15, -0.1) is 0 Å². The van der Waals surface area contributed by atoms with Crippen LogP contribution >= 0.6 is 11.6 Å². The Hall–Kier alpha value is -2.77. The molecule has 0 bridgehead atoms. The van der Waals surface area contributed by atoms with Crippen molar-refractivity contribution in [1.29, 1.82) is 5.26 Å². The smallest absolute Gasteiger partial charge is 0.259 e. The van der Waals surface area contributed by atoms with E-state index in [1.165, 1.54) is 17.2 Å². The molecule has 1 amide bonds. The Labute approximate surface area is 152 Å². The van der Waals surface area contributed by atoms with Crippen LogP contribution in [0.25, 0.3) is 6.08 Å². The van der Waals surface area contributed by atoms with E-state index in [0.29, 0.717) is 22.8 Å². The molecular weight excluding hydrogens is 336 g/mol. The molecule has 0 heterocycles. The first-order chi connectivity index (χ1) is 11.8. The maximum Gasteiger partial charge on any atom is 0.259 e. The fraction of sp³-hybridized carbons (Fsp3) is 0.200. The van der Waals surface area contributed by atoms with Gasteiger partial charge in [0.25, 0.3) is 5.91 Å². The third kappa shape index (κ3) is 4.62. The molecule has 5 heteroatoms. The van der Waals surface area contributed by atoms with Gasteiger partial charge in [-0.1, -0.05) is 40.9 Å². The van der Waals surface area contributed by atoms with Gasteiger partial charge in [0.05, 0.1) is 7.11 Å². The fourth-order valence-corrected chi connectivity index (χ4v) is 3.05. The number of nitrogens with zero attached hydrogens (tertiary/aromatic N) is 1. The summed E-state index contributed by atoms with van der Waals surface area (Å²) < 4.78 is 5.46. The highest BCUT2D eigenvalue weighted by Crippen LogP contribution is 2.32. The molecule has 0 radical (unpaired) electrons. The van der Waals surface area contributed by atoms with Crippen LogP contribution in [0.2, 0.25) is 5.02 Å². The van der Waals surface area contributed by atoms with Crippen molar-refractivity contribution in [2.24, 2.45) is 5.73 Å². The average Bonchev–Trinajstić information content (AvgIpc) is 2.53. The number of rotatable bonds is 5. The number of nitriles is 1. The first-order valence-corrected chi connectivity index (χ1v) is 8.07. The van der Waals surface area contributed by atoms with Gasteiger partial charge in [-0.05, 0) is 43.2 Å². The molecule has 0 aromatic heterocycles. The number of hydrogen-bond donors (Lipinski definition) is 1. The van der Waals surface area contributed by atoms with Crippen LogP contribution in [0, 0.1) is 25.2 Å². The maximum atomic E-state index is 11.2. The third-order valence-corrected chi connectivity index (χ3v) is 4.09. The number of methoxy groups -OCH3 is 1. The number of nitrogens with two attached hydrogens (primary N) is 1. The summed E-state index contributed by atoms with van der Waals surface area (Å²) in [7, 11) is 1.56. The van der Waals surface area contributed by atoms with Gasteiger partial charge in [-0.3, -0.25) is 4.79 Å². The maximum absolute atomic E-state index is 11.2. The molecule has 128 valence electrons. The number of ether oxygens (including phenoxy) is 1. The van der Waals surface area contributed by atoms with Crippen molar-refractivity contribution in [1.82, 2.24) is 0 Å². The minimum Gasteiger partial charge on any atom is -0.496 e. The molecule has 4 nitrogen and oxygen atoms in total. The predicted molar refractivity (Wildman–Crippen MR) is 99.5 cm³/mol. The van der Waals surface area contributed by atoms with Crippen molar-refractivity contribution in [3.8, 4) is 11.8 Å². The number of primary amides is 1. The molecule has 2 N–H and O–H groups in total. The molecular formula is C20H19ClN2O2. The number of amides is 1. The van der Waals surface area contributed by atoms with Crippen molar-refractivity contribution >= 4 is 23.6 Å². The molecule has 0 fully saturated rings. The Morgan fingerprint density at radius 1 is 1.24 bits per heavy atom. The van der Waals surface area contributed by atoms with Crippen LogP contribution in [0.15, 0.2) is 35.9 Å². The second-order valence-electron chi connectivity index (χ2n) is 5.89. The van der Waals surface area contributed by atoms with E-state index in [1.807, 2.05) is 0 Å². The third-order valence-electron chi connectivity index (χ3n) is 3.76. The number of carbonyl (C=O) groups is 1. The largest absolute Gasteiger partial charge is 0.496 e. The van der Waals surface area contributed by atoms with E-state index in [4.69, 9.17) is 27.3 Å². The van der Waals surface area contributed by atoms with E-state index < -0.39 is 5.91 Å². The highest BCUT2D eigenvalue weighted by atomic mass is 35.5. The minimum absolute atomic E-state index is 0.139. The van der Waals surface area contributed by atoms with Crippen molar-refractivity contribution in [2.45, 2.75) is 20.3 Å². The lowest BCUT2D eigenvalue weighted by Gasteiger charge is -2.13. The Kier molecular flexibility index (Phi) is 5.84. The highest BCUT2D eigenvalue weighted by molar-refractivity contribution is 6.31. The van der Waals surface area contributed by atoms with E-state index in [9.17, 15) is 4.79 Å². The first kappa shape index (κ1) is 18.6. The minimum atomic E-state index is -0.781. The monoisotopic (exact) mass is 354 g/mol. The Morgan fingerprint density at radius 2 is 1.88 bits per heavy atom. The number of carbonyl (C=O) groups excluding carboxylic acids is 1. The molecule has 0 spiro atoms. The van der Waals surface area contributed by atoms with Gasteiger partial charge >= 0.3 is 0 Å². The predicted octanol–water partition coefficient (Wildman–Crippen LogP) is 3.95. The number of hydrogen-bond acceptors (Lipinski definition) is 3. The topological polar surface area (TPSA) is 76.1 Å². The number of aryl methyl sites for hydroxylation is 2. The van der Waals surface area contributed by atoms with Gasteiger partial charge in [0.2, 0.25) is 0 Å². The van der Waals surface area contributed by atoms with Crippen LogP contribution < -0.4 is 10.5 Å². The number of benzene rings is 2. The summed E-state index contributed by atoms with van der Waals surface area (Å²) in [6.07, 6.45) is 2.02. The van der Waals surface area contributed by atoms with Crippen LogP contribution in [0.3, 0.4) is 0 Å². The number of halogens is 1. The van der Waals surface area contributed by atoms with Gasteiger partial charge in [-0.25, -0.2) is 0 Å². The Balaban J connectivity index is 2.47. The quantitative estimate of drug-likeness (QED) is 0.652. The van der Waals surface area contributed by atoms with Crippen molar-refractivity contribution in [2.75, 3.05) is 7.11 Å². The van der Waals surface area contributed by atoms with E-state index in [2.05, 4.69) is 32.0 Å². The lowest BCUT2D eigenvalue weighted by Crippen LogP contribution is -2.12. The molecule has 2 aromatic carbocycles. The van der Waals surface area contributed by atoms with E-state index in [-0.39, 0.29) is 5.57 Å². The second kappa shape index (κ2) is 7.87. The molecule has 0 saturated carbocycles. The molecule has 25 heavy (non-hydrogen) atoms. The zero-order valence-electron chi connectivity index (χ0n) is 14.4. The summed E-state index contributed by atoms with van der Waals surface area (Å²) in [6, 6.07) is 11.5. The van der Waals surface area contributed by atoms with Gasteiger partial charge in [0, 0.05) is 17.0 Å². The summed E-state index contributed by atoms with van der Waals surface area (Å²) in [5.74, 6) is -0.184. The van der Waals surface area contributed by atoms with Crippen LogP contribution in [0.4, 0.5) is 0 Å². The molecule has 0 aliphatic heterocycles. The van der Waals surface area contributed by atoms with E-state index in [1.54, 1.807) is 25.3 Å². The molecule has 0 saturated heterocycles. The summed E-state index contributed by atoms with van der Waals surface area (Å²) in [6.45, 7) is 4.10. The molecule has 0 atom stereocenters. The fourth-order valence-electron chi connectivity index (χ4n) is 2.77. The zero-order valence-corrected chi connectivity index (χ0v) is 15.1. The van der Waals surface area contributed by atoms with Crippen molar-refractivity contribution in [3.05, 3.63) is 68.7 Å². The van der Waals surface area contributed by atoms with Gasteiger partial charge in [0.1, 0.15) is 17.4 Å². The summed E-state index contributed by atoms with van der Waals surface area (Å²) in [5, 5.41) is 9.48. The standard InChI is InChI=1S/C20H19ClN2O2/c1-12-4-13(2)6-14(5-12)8-17-18(21)9-15(10-19(17)25-3)7-16(11-22)20(23)24/h4-7,9-10H,8H2,1-3H3,(H2,23,24)/b16-7+. The normalized spacial score (nSPS) is 11.1. The average molecular weight is 355 g/mol. The molecule has 0 aliphatic rings. The van der Waals surface area contributed by atoms with Gasteiger partial charge in [-0.2, -0.15) is 5.26 Å². The van der Waals surface area contributed by atoms with Crippen molar-refractivity contribution < 1.29 is 9.53 Å². The van der Waals surface area contributed by atoms with Crippen LogP contribution in [0.5, 0.6) is 5.75 Å². The summed E-state index contributed by atoms with van der Waals surface area (Å²) >= 11 is 6.44. The Morgan fingerprint density at radius 3 is 2.40 bits per heavy atom. The zero-order chi connectivity index (χ0) is 18.6. The highest BCUT2D eigenvalue weighted by Gasteiger charge is 2.13. The Bertz CT molecular complexity index is 875. The summed E-state index contributed by atoms with van der Waals surface area (Å²) in [5.41, 5.74) is 9.97. The van der Waals surface area contributed by atoms with E-state index >= 15 is 0 Å². The molecule has 0 aliphatic carbocycles. The second-order valence-corrected chi connectivity index (χ2v) is 6.30. The van der Waals surface area contributed by atoms with Gasteiger partial charge in [0.15, 0.2) is 0 Å². The molecule has 0 unspecified atom stereocenters. The van der Waals surface area contributed by atoms with Crippen LogP contribution in [0.1, 0.15) is 27.8 Å².